The predicted octanol–water partition coefficient (Wildman–Crippen LogP) is 4.00. The maximum Gasteiger partial charge on any atom is 0.326 e. The van der Waals surface area contributed by atoms with Crippen LogP contribution in [0.1, 0.15) is 44.0 Å². The third-order valence-corrected chi connectivity index (χ3v) is 8.70. The highest BCUT2D eigenvalue weighted by atomic mass is 32.2. The van der Waals surface area contributed by atoms with Crippen molar-refractivity contribution in [1.82, 2.24) is 10.6 Å². The van der Waals surface area contributed by atoms with Crippen LogP contribution in [0, 0.1) is 17.6 Å². The number of ether oxygens (including phenoxy) is 1. The Morgan fingerprint density at radius 1 is 0.978 bits per heavy atom. The van der Waals surface area contributed by atoms with Crippen LogP contribution in [0.15, 0.2) is 72.8 Å². The van der Waals surface area contributed by atoms with Crippen LogP contribution in [-0.4, -0.2) is 63.6 Å². The van der Waals surface area contributed by atoms with Gasteiger partial charge in [0.05, 0.1) is 12.1 Å². The van der Waals surface area contributed by atoms with Crippen molar-refractivity contribution in [3.63, 3.8) is 0 Å². The number of β-lactam (4-membered cyclic amide) rings is 1. The summed E-state index contributed by atoms with van der Waals surface area (Å²) in [6, 6.07) is 14.6. The zero-order chi connectivity index (χ0) is 34.4. The zero-order valence-corrected chi connectivity index (χ0v) is 26.1. The molecule has 4 N–H and O–H groups in total. The molecule has 1 aliphatic rings. The number of hydrogen-bond donors (Lipinski definition) is 4. The zero-order valence-electron chi connectivity index (χ0n) is 26.3. The number of aliphatic carboxylic acids is 1. The summed E-state index contributed by atoms with van der Waals surface area (Å²) >= 11 is 1.24. The van der Waals surface area contributed by atoms with Gasteiger partial charge in [-0.2, -0.15) is 0 Å². The molecule has 0 aromatic heterocycles. The molecule has 1 aliphatic heterocycles. The van der Waals surface area contributed by atoms with Crippen LogP contribution in [-0.2, 0) is 19.2 Å². The van der Waals surface area contributed by atoms with Crippen molar-refractivity contribution in [2.24, 2.45) is 5.92 Å². The highest BCUT2D eigenvalue weighted by Crippen LogP contribution is 2.46. The van der Waals surface area contributed by atoms with Gasteiger partial charge in [0.1, 0.15) is 34.7 Å². The van der Waals surface area contributed by atoms with Crippen molar-refractivity contribution < 1.29 is 44.3 Å². The van der Waals surface area contributed by atoms with Gasteiger partial charge in [-0.25, -0.2) is 13.6 Å². The number of aliphatic hydroxyl groups is 1. The average molecular weight is 657 g/mol. The topological polar surface area (TPSA) is 145 Å². The normalized spacial score (nSPS) is 18.2. The molecule has 1 saturated heterocycles. The first-order valence-electron chi connectivity index (χ1n) is 14.9. The number of amides is 3. The summed E-state index contributed by atoms with van der Waals surface area (Å²) in [5.41, 5.74) is 1.70. The minimum absolute atomic E-state index is 0.160. The molecule has 0 saturated carbocycles. The number of carboxylic acids is 1. The number of nitrogens with one attached hydrogen (secondary N) is 2. The number of benzene rings is 3. The second-order valence-electron chi connectivity index (χ2n) is 11.1. The molecule has 5 atom stereocenters. The van der Waals surface area contributed by atoms with E-state index >= 15 is 0 Å². The second kappa shape index (κ2) is 15.2. The molecule has 0 bridgehead atoms. The average Bonchev–Trinajstić information content (AvgIpc) is 3.05. The molecule has 46 heavy (non-hydrogen) atoms. The third kappa shape index (κ3) is 8.40. The Morgan fingerprint density at radius 2 is 1.57 bits per heavy atom. The quantitative estimate of drug-likeness (QED) is 0.191. The monoisotopic (exact) mass is 656 g/mol. The molecule has 0 spiro atoms. The summed E-state index contributed by atoms with van der Waals surface area (Å²) in [7, 11) is 0. The molecule has 0 radical (unpaired) electrons. The fraction of sp³-hybridized carbons (Fsp3) is 0.333. The second-order valence-corrected chi connectivity index (χ2v) is 12.3. The van der Waals surface area contributed by atoms with Crippen LogP contribution in [0.5, 0.6) is 5.75 Å². The van der Waals surface area contributed by atoms with Crippen molar-refractivity contribution in [1.29, 1.82) is 0 Å². The Hall–Kier alpha value is -4.49. The highest BCUT2D eigenvalue weighted by molar-refractivity contribution is 8.00. The van der Waals surface area contributed by atoms with Gasteiger partial charge in [-0.05, 0) is 72.5 Å². The fourth-order valence-corrected chi connectivity index (χ4v) is 6.12. The smallest absolute Gasteiger partial charge is 0.326 e. The van der Waals surface area contributed by atoms with E-state index in [1.807, 2.05) is 0 Å². The lowest BCUT2D eigenvalue weighted by atomic mass is 9.92. The Balaban J connectivity index is 1.41. The molecule has 13 heteroatoms. The van der Waals surface area contributed by atoms with E-state index in [-0.39, 0.29) is 17.4 Å². The number of carbonyl (C=O) groups is 4. The summed E-state index contributed by atoms with van der Waals surface area (Å²) in [6.45, 7) is 3.97. The molecule has 4 rings (SSSR count). The van der Waals surface area contributed by atoms with Crippen LogP contribution >= 0.6 is 11.8 Å². The minimum atomic E-state index is -1.28. The molecule has 1 fully saturated rings. The van der Waals surface area contributed by atoms with Gasteiger partial charge in [-0.15, -0.1) is 11.8 Å². The molecule has 3 amide bonds. The van der Waals surface area contributed by atoms with Crippen molar-refractivity contribution in [3.8, 4) is 5.75 Å². The van der Waals surface area contributed by atoms with Gasteiger partial charge in [0.25, 0.3) is 5.91 Å². The number of rotatable bonds is 14. The molecular weight excluding hydrogens is 620 g/mol. The number of aliphatic hydroxyl groups excluding tert-OH is 1. The van der Waals surface area contributed by atoms with E-state index in [1.165, 1.54) is 72.1 Å². The van der Waals surface area contributed by atoms with E-state index < -0.39 is 71.4 Å². The number of thioether (sulfide) groups is 1. The maximum atomic E-state index is 13.6. The van der Waals surface area contributed by atoms with E-state index in [0.717, 1.165) is 0 Å². The summed E-state index contributed by atoms with van der Waals surface area (Å²) in [5, 5.41) is 22.1. The summed E-state index contributed by atoms with van der Waals surface area (Å²) in [6.07, 6.45) is -0.943. The van der Waals surface area contributed by atoms with Crippen LogP contribution < -0.4 is 20.3 Å². The fourth-order valence-electron chi connectivity index (χ4n) is 4.82. The Morgan fingerprint density at radius 3 is 2.13 bits per heavy atom. The van der Waals surface area contributed by atoms with Gasteiger partial charge < -0.3 is 30.5 Å². The molecule has 3 aromatic carbocycles. The summed E-state index contributed by atoms with van der Waals surface area (Å²) in [5.74, 6) is -3.96. The standard InChI is InChI=1S/C33H35F2N3O7S/c1-18(2)28(33(43)44)37-31(41)19(3)36-27(40)16-45-25-14-6-21(7-15-25)29-30(32(42)38(29)24-12-10-23(35)11-13-24)46-17-26(39)20-4-8-22(34)9-5-20/h4-15,18-19,26,28-30,39H,16-17H2,1-3H3,(H,36,40)(H,37,41)(H,43,44)/t19-,26?,28+,29-,30-/m1/s1/i/hD. The van der Waals surface area contributed by atoms with E-state index in [1.54, 1.807) is 38.1 Å². The van der Waals surface area contributed by atoms with Crippen molar-refractivity contribution >= 4 is 41.1 Å². The largest absolute Gasteiger partial charge is 0.484 e. The lowest BCUT2D eigenvalue weighted by Gasteiger charge is -2.47. The SMILES string of the molecule is [2H]N(C(=O)COc1ccc([C@@H]2[C@@H](SCC(O)c3ccc(F)cc3)C(=O)N2c2ccc(F)cc2)cc1)[C@H](C)C(=O)N[C@H](C(=O)O)C(C)C. The predicted molar refractivity (Wildman–Crippen MR) is 168 cm³/mol. The Kier molecular flexibility index (Phi) is 10.9. The summed E-state index contributed by atoms with van der Waals surface area (Å²) < 4.78 is 40.5. The number of carboxylic acid groups (broad SMARTS) is 1. The minimum Gasteiger partial charge on any atom is -0.484 e. The first-order valence-corrected chi connectivity index (χ1v) is 15.5. The lowest BCUT2D eigenvalue weighted by molar-refractivity contribution is -0.143. The molecule has 1 unspecified atom stereocenters. The number of halogens is 2. The van der Waals surface area contributed by atoms with Gasteiger partial charge in [0.15, 0.2) is 8.02 Å². The van der Waals surface area contributed by atoms with Crippen LogP contribution in [0.25, 0.3) is 0 Å². The van der Waals surface area contributed by atoms with E-state index in [9.17, 15) is 38.2 Å². The highest BCUT2D eigenvalue weighted by Gasteiger charge is 2.49. The first kappa shape index (κ1) is 32.9. The molecule has 3 aromatic rings. The van der Waals surface area contributed by atoms with Gasteiger partial charge >= 0.3 is 5.97 Å². The van der Waals surface area contributed by atoms with Crippen molar-refractivity contribution in [2.45, 2.75) is 50.3 Å². The Bertz CT molecular complexity index is 1580. The number of carbonyl (C=O) groups excluding carboxylic acids is 3. The van der Waals surface area contributed by atoms with Crippen molar-refractivity contribution in [2.75, 3.05) is 17.3 Å². The molecule has 0 aliphatic carbocycles. The number of anilines is 1. The molecule has 10 nitrogen and oxygen atoms in total. The number of hydrogen-bond acceptors (Lipinski definition) is 7. The van der Waals surface area contributed by atoms with Gasteiger partial charge in [-0.3, -0.25) is 14.4 Å². The van der Waals surface area contributed by atoms with Gasteiger partial charge in [0, 0.05) is 11.4 Å². The lowest BCUT2D eigenvalue weighted by Crippen LogP contribution is -2.57. The van der Waals surface area contributed by atoms with E-state index in [2.05, 4.69) is 5.32 Å². The summed E-state index contributed by atoms with van der Waals surface area (Å²) in [4.78, 5) is 51.3. The molecule has 244 valence electrons. The number of nitrogens with zero attached hydrogens (tertiary/aromatic N) is 1. The first-order chi connectivity index (χ1) is 22.3. The van der Waals surface area contributed by atoms with Gasteiger partial charge in [-0.1, -0.05) is 38.1 Å². The van der Waals surface area contributed by atoms with Gasteiger partial charge in [0.2, 0.25) is 11.8 Å². The van der Waals surface area contributed by atoms with Crippen LogP contribution in [0.4, 0.5) is 14.5 Å². The molecule has 1 heterocycles. The van der Waals surface area contributed by atoms with E-state index in [4.69, 9.17) is 6.15 Å². The van der Waals surface area contributed by atoms with E-state index in [0.29, 0.717) is 22.1 Å². The maximum absolute atomic E-state index is 13.6. The molecular formula is C33H35F2N3O7S. The van der Waals surface area contributed by atoms with Crippen molar-refractivity contribution in [3.05, 3.63) is 95.6 Å². The Labute approximate surface area is 270 Å². The van der Waals surface area contributed by atoms with Crippen LogP contribution in [0.2, 0.25) is 1.41 Å². The third-order valence-electron chi connectivity index (χ3n) is 7.37. The van der Waals surface area contributed by atoms with Crippen LogP contribution in [0.3, 0.4) is 0 Å².